The molecule has 14 heavy (non-hydrogen) atoms. The zero-order chi connectivity index (χ0) is 10.1. The number of aromatic amines is 1. The van der Waals surface area contributed by atoms with Crippen molar-refractivity contribution in [1.29, 1.82) is 0 Å². The van der Waals surface area contributed by atoms with E-state index in [2.05, 4.69) is 14.9 Å². The summed E-state index contributed by atoms with van der Waals surface area (Å²) in [5, 5.41) is 7.85. The number of hydrogen-bond donors (Lipinski definition) is 1. The van der Waals surface area contributed by atoms with Crippen molar-refractivity contribution in [2.45, 2.75) is 6.92 Å². The van der Waals surface area contributed by atoms with E-state index in [4.69, 9.17) is 0 Å². The molecule has 0 radical (unpaired) electrons. The SMILES string of the molecule is COC(=O)c1cccc2c(C)[nH]nc12. The predicted molar refractivity (Wildman–Crippen MR) is 52.2 cm³/mol. The lowest BCUT2D eigenvalue weighted by Gasteiger charge is -1.98. The first-order chi connectivity index (χ1) is 6.74. The number of H-pyrrole nitrogens is 1. The zero-order valence-electron chi connectivity index (χ0n) is 8.00. The standard InChI is InChI=1S/C10H10N2O2/c1-6-7-4-3-5-8(10(13)14-2)9(7)12-11-6/h3-5H,1-2H3,(H,11,12). The molecule has 0 spiro atoms. The molecule has 1 aromatic heterocycles. The minimum Gasteiger partial charge on any atom is -0.465 e. The van der Waals surface area contributed by atoms with Gasteiger partial charge in [0, 0.05) is 11.1 Å². The van der Waals surface area contributed by atoms with Crippen molar-refractivity contribution in [3.63, 3.8) is 0 Å². The van der Waals surface area contributed by atoms with Crippen LogP contribution in [0.3, 0.4) is 0 Å². The van der Waals surface area contributed by atoms with Gasteiger partial charge in [0.2, 0.25) is 0 Å². The molecule has 0 amide bonds. The number of fused-ring (bicyclic) bond motifs is 1. The molecular formula is C10H10N2O2. The zero-order valence-corrected chi connectivity index (χ0v) is 8.00. The van der Waals surface area contributed by atoms with Crippen molar-refractivity contribution >= 4 is 16.9 Å². The largest absolute Gasteiger partial charge is 0.465 e. The first-order valence-electron chi connectivity index (χ1n) is 4.26. The molecule has 1 heterocycles. The van der Waals surface area contributed by atoms with Crippen molar-refractivity contribution in [3.05, 3.63) is 29.5 Å². The number of esters is 1. The summed E-state index contributed by atoms with van der Waals surface area (Å²) >= 11 is 0. The molecule has 0 atom stereocenters. The summed E-state index contributed by atoms with van der Waals surface area (Å²) < 4.78 is 4.66. The Morgan fingerprint density at radius 3 is 3.00 bits per heavy atom. The molecule has 0 saturated heterocycles. The first-order valence-corrected chi connectivity index (χ1v) is 4.26. The molecule has 2 aromatic rings. The third-order valence-corrected chi connectivity index (χ3v) is 2.18. The van der Waals surface area contributed by atoms with E-state index in [1.165, 1.54) is 7.11 Å². The minimum atomic E-state index is -0.359. The fourth-order valence-electron chi connectivity index (χ4n) is 1.44. The third-order valence-electron chi connectivity index (χ3n) is 2.18. The summed E-state index contributed by atoms with van der Waals surface area (Å²) in [4.78, 5) is 11.4. The second kappa shape index (κ2) is 3.14. The van der Waals surface area contributed by atoms with Crippen LogP contribution in [-0.4, -0.2) is 23.3 Å². The number of para-hydroxylation sites is 1. The predicted octanol–water partition coefficient (Wildman–Crippen LogP) is 1.66. The van der Waals surface area contributed by atoms with E-state index >= 15 is 0 Å². The van der Waals surface area contributed by atoms with Gasteiger partial charge in [-0.05, 0) is 13.0 Å². The molecule has 72 valence electrons. The maximum atomic E-state index is 11.4. The highest BCUT2D eigenvalue weighted by Crippen LogP contribution is 2.19. The molecule has 0 saturated carbocycles. The average Bonchev–Trinajstić information content (AvgIpc) is 2.59. The van der Waals surface area contributed by atoms with Crippen LogP contribution >= 0.6 is 0 Å². The van der Waals surface area contributed by atoms with Crippen molar-refractivity contribution < 1.29 is 9.53 Å². The molecule has 2 rings (SSSR count). The topological polar surface area (TPSA) is 55.0 Å². The Balaban J connectivity index is 2.71. The van der Waals surface area contributed by atoms with Gasteiger partial charge in [0.05, 0.1) is 12.7 Å². The number of nitrogens with one attached hydrogen (secondary N) is 1. The number of aryl methyl sites for hydroxylation is 1. The van der Waals surface area contributed by atoms with E-state index in [1.807, 2.05) is 19.1 Å². The van der Waals surface area contributed by atoms with Crippen LogP contribution in [0.4, 0.5) is 0 Å². The Hall–Kier alpha value is -1.84. The Labute approximate surface area is 80.9 Å². The van der Waals surface area contributed by atoms with Gasteiger partial charge in [-0.15, -0.1) is 0 Å². The Morgan fingerprint density at radius 2 is 2.29 bits per heavy atom. The molecule has 0 aliphatic heterocycles. The fourth-order valence-corrected chi connectivity index (χ4v) is 1.44. The van der Waals surface area contributed by atoms with Crippen molar-refractivity contribution in [2.24, 2.45) is 0 Å². The number of aromatic nitrogens is 2. The lowest BCUT2D eigenvalue weighted by Crippen LogP contribution is -2.01. The summed E-state index contributed by atoms with van der Waals surface area (Å²) in [6.45, 7) is 1.91. The summed E-state index contributed by atoms with van der Waals surface area (Å²) in [6, 6.07) is 5.44. The van der Waals surface area contributed by atoms with Crippen molar-refractivity contribution in [2.75, 3.05) is 7.11 Å². The van der Waals surface area contributed by atoms with Gasteiger partial charge in [0.15, 0.2) is 0 Å². The smallest absolute Gasteiger partial charge is 0.340 e. The molecule has 0 aliphatic carbocycles. The molecule has 4 heteroatoms. The molecule has 0 aliphatic rings. The van der Waals surface area contributed by atoms with Gasteiger partial charge >= 0.3 is 5.97 Å². The number of carbonyl (C=O) groups excluding carboxylic acids is 1. The first kappa shape index (κ1) is 8.74. The second-order valence-corrected chi connectivity index (χ2v) is 3.04. The van der Waals surface area contributed by atoms with Crippen molar-refractivity contribution in [1.82, 2.24) is 10.2 Å². The molecule has 0 unspecified atom stereocenters. The summed E-state index contributed by atoms with van der Waals surface area (Å²) in [7, 11) is 1.36. The molecule has 1 N–H and O–H groups in total. The van der Waals surface area contributed by atoms with Crippen LogP contribution in [0.5, 0.6) is 0 Å². The van der Waals surface area contributed by atoms with E-state index in [-0.39, 0.29) is 5.97 Å². The monoisotopic (exact) mass is 190 g/mol. The Morgan fingerprint density at radius 1 is 1.50 bits per heavy atom. The lowest BCUT2D eigenvalue weighted by molar-refractivity contribution is 0.0603. The summed E-state index contributed by atoms with van der Waals surface area (Å²) in [5.74, 6) is -0.359. The number of hydrogen-bond acceptors (Lipinski definition) is 3. The highest BCUT2D eigenvalue weighted by atomic mass is 16.5. The van der Waals surface area contributed by atoms with E-state index in [1.54, 1.807) is 6.07 Å². The van der Waals surface area contributed by atoms with Gasteiger partial charge < -0.3 is 4.74 Å². The van der Waals surface area contributed by atoms with E-state index in [0.29, 0.717) is 11.1 Å². The molecule has 0 fully saturated rings. The molecule has 4 nitrogen and oxygen atoms in total. The number of carbonyl (C=O) groups is 1. The number of benzene rings is 1. The average molecular weight is 190 g/mol. The lowest BCUT2D eigenvalue weighted by atomic mass is 10.1. The number of methoxy groups -OCH3 is 1. The van der Waals surface area contributed by atoms with Crippen molar-refractivity contribution in [3.8, 4) is 0 Å². The van der Waals surface area contributed by atoms with Gasteiger partial charge in [-0.1, -0.05) is 12.1 Å². The molecule has 1 aromatic carbocycles. The van der Waals surface area contributed by atoms with Gasteiger partial charge in [-0.2, -0.15) is 5.10 Å². The van der Waals surface area contributed by atoms with E-state index in [0.717, 1.165) is 11.1 Å². The van der Waals surface area contributed by atoms with E-state index in [9.17, 15) is 4.79 Å². The van der Waals surface area contributed by atoms with Crippen LogP contribution in [0.2, 0.25) is 0 Å². The normalized spacial score (nSPS) is 10.4. The highest BCUT2D eigenvalue weighted by Gasteiger charge is 2.12. The third kappa shape index (κ3) is 1.16. The van der Waals surface area contributed by atoms with E-state index < -0.39 is 0 Å². The van der Waals surface area contributed by atoms with Gasteiger partial charge in [0.1, 0.15) is 5.52 Å². The number of nitrogens with zero attached hydrogens (tertiary/aromatic N) is 1. The molecular weight excluding hydrogens is 180 g/mol. The Kier molecular flexibility index (Phi) is 1.96. The minimum absolute atomic E-state index is 0.359. The van der Waals surface area contributed by atoms with Crippen LogP contribution in [0.15, 0.2) is 18.2 Å². The molecule has 0 bridgehead atoms. The van der Waals surface area contributed by atoms with Crippen LogP contribution in [0.25, 0.3) is 10.9 Å². The quantitative estimate of drug-likeness (QED) is 0.696. The van der Waals surface area contributed by atoms with Crippen LogP contribution in [0, 0.1) is 6.92 Å². The van der Waals surface area contributed by atoms with Gasteiger partial charge in [-0.3, -0.25) is 5.10 Å². The highest BCUT2D eigenvalue weighted by molar-refractivity contribution is 6.03. The maximum Gasteiger partial charge on any atom is 0.340 e. The van der Waals surface area contributed by atoms with Gasteiger partial charge in [-0.25, -0.2) is 4.79 Å². The van der Waals surface area contributed by atoms with Crippen LogP contribution < -0.4 is 0 Å². The number of ether oxygens (including phenoxy) is 1. The Bertz CT molecular complexity index is 488. The number of rotatable bonds is 1. The maximum absolute atomic E-state index is 11.4. The van der Waals surface area contributed by atoms with Crippen LogP contribution in [-0.2, 0) is 4.74 Å². The van der Waals surface area contributed by atoms with Crippen LogP contribution in [0.1, 0.15) is 16.1 Å². The fraction of sp³-hybridized carbons (Fsp3) is 0.200. The summed E-state index contributed by atoms with van der Waals surface area (Å²) in [6.07, 6.45) is 0. The second-order valence-electron chi connectivity index (χ2n) is 3.04. The summed E-state index contributed by atoms with van der Waals surface area (Å²) in [5.41, 5.74) is 2.11. The van der Waals surface area contributed by atoms with Gasteiger partial charge in [0.25, 0.3) is 0 Å².